The Kier molecular flexibility index (Phi) is 4.38. The van der Waals surface area contributed by atoms with Crippen LogP contribution in [0.4, 0.5) is 14.5 Å². The normalized spacial score (nSPS) is 9.06. The summed E-state index contributed by atoms with van der Waals surface area (Å²) in [5.74, 6) is -2.37. The van der Waals surface area contributed by atoms with Crippen molar-refractivity contribution in [3.05, 3.63) is 27.2 Å². The van der Waals surface area contributed by atoms with Gasteiger partial charge in [-0.15, -0.1) is 0 Å². The maximum absolute atomic E-state index is 13.1. The van der Waals surface area contributed by atoms with Crippen molar-refractivity contribution in [2.45, 2.75) is 0 Å². The van der Waals surface area contributed by atoms with Crippen LogP contribution in [0.15, 0.2) is 15.6 Å². The zero-order valence-corrected chi connectivity index (χ0v) is 10.3. The topological polar surface area (TPSA) is 72.0 Å². The van der Waals surface area contributed by atoms with Crippen LogP contribution in [-0.2, 0) is 0 Å². The van der Waals surface area contributed by atoms with Gasteiger partial charge in [0.15, 0.2) is 11.6 Å². The van der Waals surface area contributed by atoms with Gasteiger partial charge in [0.25, 0.3) is 0 Å². The molecule has 0 radical (unpaired) electrons. The van der Waals surface area contributed by atoms with E-state index in [2.05, 4.69) is 26.5 Å². The van der Waals surface area contributed by atoms with Crippen LogP contribution in [-0.4, -0.2) is 5.71 Å². The highest BCUT2D eigenvalue weighted by molar-refractivity contribution is 9.10. The summed E-state index contributed by atoms with van der Waals surface area (Å²) in [7, 11) is 0. The molecule has 4 nitrogen and oxygen atoms in total. The van der Waals surface area contributed by atoms with Gasteiger partial charge in [0.05, 0.1) is 5.69 Å². The Morgan fingerprint density at radius 3 is 2.53 bits per heavy atom. The summed E-state index contributed by atoms with van der Waals surface area (Å²) >= 11 is 8.47. The van der Waals surface area contributed by atoms with Gasteiger partial charge in [-0.1, -0.05) is 11.6 Å². The minimum Gasteiger partial charge on any atom is -0.274 e. The summed E-state index contributed by atoms with van der Waals surface area (Å²) in [5.41, 5.74) is 1.66. The fourth-order valence-electron chi connectivity index (χ4n) is 0.856. The number of hydrogen-bond donors (Lipinski definition) is 1. The molecule has 1 aromatic rings. The average Bonchev–Trinajstić information content (AvgIpc) is 2.31. The molecule has 1 N–H and O–H groups in total. The first-order chi connectivity index (χ1) is 8.01. The third kappa shape index (κ3) is 2.90. The molecule has 0 unspecified atom stereocenters. The zero-order valence-electron chi connectivity index (χ0n) is 7.93. The van der Waals surface area contributed by atoms with E-state index in [9.17, 15) is 8.78 Å². The second-order valence-corrected chi connectivity index (χ2v) is 3.87. The van der Waals surface area contributed by atoms with E-state index in [-0.39, 0.29) is 10.2 Å². The van der Waals surface area contributed by atoms with Crippen LogP contribution < -0.4 is 5.43 Å². The van der Waals surface area contributed by atoms with Gasteiger partial charge in [0, 0.05) is 4.47 Å². The molecule has 0 fully saturated rings. The number of hydrogen-bond acceptors (Lipinski definition) is 4. The molecule has 0 saturated carbocycles. The van der Waals surface area contributed by atoms with Gasteiger partial charge in [-0.3, -0.25) is 5.43 Å². The molecule has 86 valence electrons. The molecule has 0 aliphatic rings. The highest BCUT2D eigenvalue weighted by Gasteiger charge is 2.15. The standard InChI is InChI=1S/C9H2BrClF2N4/c10-5-1-6(12)8(13)7(11)9(5)17-16-4(2-14)3-15/h1,17H. The lowest BCUT2D eigenvalue weighted by Crippen LogP contribution is -2.00. The van der Waals surface area contributed by atoms with E-state index in [0.717, 1.165) is 6.07 Å². The summed E-state index contributed by atoms with van der Waals surface area (Å²) in [6, 6.07) is 3.82. The van der Waals surface area contributed by atoms with E-state index >= 15 is 0 Å². The molecule has 0 bridgehead atoms. The number of rotatable bonds is 2. The molecule has 1 rings (SSSR count). The maximum Gasteiger partial charge on any atom is 0.237 e. The predicted octanol–water partition coefficient (Wildman–Crippen LogP) is 3.20. The largest absolute Gasteiger partial charge is 0.274 e. The molecular weight excluding hydrogens is 317 g/mol. The van der Waals surface area contributed by atoms with Crippen molar-refractivity contribution >= 4 is 38.9 Å². The van der Waals surface area contributed by atoms with Crippen molar-refractivity contribution in [3.63, 3.8) is 0 Å². The van der Waals surface area contributed by atoms with Gasteiger partial charge in [-0.25, -0.2) is 8.78 Å². The van der Waals surface area contributed by atoms with Crippen molar-refractivity contribution in [2.75, 3.05) is 5.43 Å². The van der Waals surface area contributed by atoms with Gasteiger partial charge in [-0.05, 0) is 22.0 Å². The first-order valence-corrected chi connectivity index (χ1v) is 5.15. The summed E-state index contributed by atoms with van der Waals surface area (Å²) < 4.78 is 26.1. The molecule has 1 aromatic carbocycles. The lowest BCUT2D eigenvalue weighted by molar-refractivity contribution is 0.509. The first kappa shape index (κ1) is 13.4. The fourth-order valence-corrected chi connectivity index (χ4v) is 1.69. The molecule has 0 spiro atoms. The SMILES string of the molecule is N#CC(C#N)=NNc1c(Br)cc(F)c(F)c1Cl. The molecule has 0 amide bonds. The van der Waals surface area contributed by atoms with Crippen LogP contribution in [0.3, 0.4) is 0 Å². The number of anilines is 1. The second kappa shape index (κ2) is 5.58. The summed E-state index contributed by atoms with van der Waals surface area (Å²) in [4.78, 5) is 0. The highest BCUT2D eigenvalue weighted by Crippen LogP contribution is 2.34. The molecule has 17 heavy (non-hydrogen) atoms. The summed E-state index contributed by atoms with van der Waals surface area (Å²) in [6.45, 7) is 0. The minimum atomic E-state index is -1.25. The molecule has 0 saturated heterocycles. The minimum absolute atomic E-state index is 0.0754. The Labute approximate surface area is 108 Å². The quantitative estimate of drug-likeness (QED) is 0.394. The molecule has 8 heteroatoms. The van der Waals surface area contributed by atoms with Gasteiger partial charge >= 0.3 is 0 Å². The third-order valence-electron chi connectivity index (χ3n) is 1.61. The number of nitrogens with zero attached hydrogens (tertiary/aromatic N) is 3. The maximum atomic E-state index is 13.1. The number of nitriles is 2. The van der Waals surface area contributed by atoms with Crippen LogP contribution >= 0.6 is 27.5 Å². The summed E-state index contributed by atoms with van der Waals surface area (Å²) in [6.07, 6.45) is 0. The molecule has 0 aliphatic heterocycles. The molecule has 0 aliphatic carbocycles. The Bertz CT molecular complexity index is 558. The van der Waals surface area contributed by atoms with E-state index < -0.39 is 22.4 Å². The van der Waals surface area contributed by atoms with Crippen LogP contribution in [0.25, 0.3) is 0 Å². The Balaban J connectivity index is 3.18. The van der Waals surface area contributed by atoms with Gasteiger partial charge in [-0.2, -0.15) is 15.6 Å². The Morgan fingerprint density at radius 2 is 2.00 bits per heavy atom. The number of halogens is 4. The number of nitrogens with one attached hydrogen (secondary N) is 1. The van der Waals surface area contributed by atoms with E-state index in [0.29, 0.717) is 0 Å². The zero-order chi connectivity index (χ0) is 13.0. The molecule has 0 atom stereocenters. The van der Waals surface area contributed by atoms with Crippen molar-refractivity contribution in [1.82, 2.24) is 0 Å². The van der Waals surface area contributed by atoms with E-state index in [4.69, 9.17) is 22.1 Å². The van der Waals surface area contributed by atoms with E-state index in [1.54, 1.807) is 0 Å². The van der Waals surface area contributed by atoms with Crippen molar-refractivity contribution in [3.8, 4) is 12.1 Å². The lowest BCUT2D eigenvalue weighted by Gasteiger charge is -2.07. The van der Waals surface area contributed by atoms with Crippen molar-refractivity contribution in [1.29, 1.82) is 10.5 Å². The van der Waals surface area contributed by atoms with E-state index in [1.165, 1.54) is 12.1 Å². The van der Waals surface area contributed by atoms with Crippen LogP contribution in [0, 0.1) is 34.3 Å². The van der Waals surface area contributed by atoms with Gasteiger partial charge < -0.3 is 0 Å². The Hall–Kier alpha value is -1.70. The van der Waals surface area contributed by atoms with Crippen LogP contribution in [0.1, 0.15) is 0 Å². The first-order valence-electron chi connectivity index (χ1n) is 3.98. The van der Waals surface area contributed by atoms with Crippen molar-refractivity contribution in [2.24, 2.45) is 5.10 Å². The second-order valence-electron chi connectivity index (χ2n) is 2.64. The highest BCUT2D eigenvalue weighted by atomic mass is 79.9. The molecular formula is C9H2BrClF2N4. The number of hydrazone groups is 1. The lowest BCUT2D eigenvalue weighted by atomic mass is 10.3. The predicted molar refractivity (Wildman–Crippen MR) is 61.4 cm³/mol. The number of benzene rings is 1. The molecule has 0 aromatic heterocycles. The van der Waals surface area contributed by atoms with Gasteiger partial charge in [0.1, 0.15) is 17.2 Å². The van der Waals surface area contributed by atoms with E-state index in [1.807, 2.05) is 0 Å². The summed E-state index contributed by atoms with van der Waals surface area (Å²) in [5, 5.41) is 19.7. The monoisotopic (exact) mass is 318 g/mol. The Morgan fingerprint density at radius 1 is 1.41 bits per heavy atom. The fraction of sp³-hybridized carbons (Fsp3) is 0. The molecule has 0 heterocycles. The van der Waals surface area contributed by atoms with Gasteiger partial charge in [0.2, 0.25) is 5.71 Å². The van der Waals surface area contributed by atoms with Crippen LogP contribution in [0.5, 0.6) is 0 Å². The van der Waals surface area contributed by atoms with Crippen molar-refractivity contribution < 1.29 is 8.78 Å². The smallest absolute Gasteiger partial charge is 0.237 e. The third-order valence-corrected chi connectivity index (χ3v) is 2.59. The average molecular weight is 319 g/mol. The van der Waals surface area contributed by atoms with Crippen LogP contribution in [0.2, 0.25) is 5.02 Å².